The highest BCUT2D eigenvalue weighted by molar-refractivity contribution is 5.28. The molecule has 0 unspecified atom stereocenters. The molecular formula is C24H35NO3. The third-order valence-electron chi connectivity index (χ3n) is 4.62. The first-order valence-electron chi connectivity index (χ1n) is 10.2. The molecule has 0 aromatic heterocycles. The van der Waals surface area contributed by atoms with Crippen molar-refractivity contribution in [1.29, 1.82) is 0 Å². The first-order valence-corrected chi connectivity index (χ1v) is 10.2. The molecule has 0 radical (unpaired) electrons. The Bertz CT molecular complexity index is 639. The van der Waals surface area contributed by atoms with Crippen molar-refractivity contribution in [2.45, 2.75) is 51.4 Å². The third-order valence-corrected chi connectivity index (χ3v) is 4.62. The maximum Gasteiger partial charge on any atom is 0.188 e. The van der Waals surface area contributed by atoms with E-state index in [0.717, 1.165) is 18.9 Å². The highest BCUT2D eigenvalue weighted by Gasteiger charge is 2.13. The van der Waals surface area contributed by atoms with Crippen LogP contribution in [0.3, 0.4) is 0 Å². The monoisotopic (exact) mass is 385 g/mol. The SMILES string of the molecule is COCOc1cccc(CN(C)C)c1.c1ccc(COC2CCCCC2)cc1. The van der Waals surface area contributed by atoms with Crippen molar-refractivity contribution in [3.05, 3.63) is 65.7 Å². The summed E-state index contributed by atoms with van der Waals surface area (Å²) < 4.78 is 16.0. The van der Waals surface area contributed by atoms with Crippen LogP contribution < -0.4 is 4.74 Å². The van der Waals surface area contributed by atoms with Crippen molar-refractivity contribution in [1.82, 2.24) is 4.90 Å². The summed E-state index contributed by atoms with van der Waals surface area (Å²) in [7, 11) is 5.70. The molecule has 4 nitrogen and oxygen atoms in total. The van der Waals surface area contributed by atoms with Crippen molar-refractivity contribution < 1.29 is 14.2 Å². The van der Waals surface area contributed by atoms with Gasteiger partial charge in [-0.3, -0.25) is 0 Å². The summed E-state index contributed by atoms with van der Waals surface area (Å²) in [6.45, 7) is 2.00. The second-order valence-corrected chi connectivity index (χ2v) is 7.49. The van der Waals surface area contributed by atoms with Gasteiger partial charge in [0, 0.05) is 13.7 Å². The Morgan fingerprint density at radius 2 is 1.61 bits per heavy atom. The highest BCUT2D eigenvalue weighted by Crippen LogP contribution is 2.21. The van der Waals surface area contributed by atoms with Crippen LogP contribution >= 0.6 is 0 Å². The number of hydrogen-bond donors (Lipinski definition) is 0. The largest absolute Gasteiger partial charge is 0.468 e. The summed E-state index contributed by atoms with van der Waals surface area (Å²) in [4.78, 5) is 2.12. The molecule has 0 N–H and O–H groups in total. The predicted molar refractivity (Wildman–Crippen MR) is 114 cm³/mol. The van der Waals surface area contributed by atoms with E-state index >= 15 is 0 Å². The predicted octanol–water partition coefficient (Wildman–Crippen LogP) is 5.27. The molecule has 0 bridgehead atoms. The summed E-state index contributed by atoms with van der Waals surface area (Å²) >= 11 is 0. The lowest BCUT2D eigenvalue weighted by Crippen LogP contribution is -2.16. The number of nitrogens with zero attached hydrogens (tertiary/aromatic N) is 1. The van der Waals surface area contributed by atoms with E-state index in [-0.39, 0.29) is 0 Å². The molecule has 28 heavy (non-hydrogen) atoms. The van der Waals surface area contributed by atoms with Crippen LogP contribution in [0, 0.1) is 0 Å². The lowest BCUT2D eigenvalue weighted by atomic mass is 9.98. The van der Waals surface area contributed by atoms with Crippen LogP contribution in [0.5, 0.6) is 5.75 Å². The summed E-state index contributed by atoms with van der Waals surface area (Å²) in [6, 6.07) is 18.5. The smallest absolute Gasteiger partial charge is 0.188 e. The number of methoxy groups -OCH3 is 1. The van der Waals surface area contributed by atoms with Gasteiger partial charge in [0.25, 0.3) is 0 Å². The van der Waals surface area contributed by atoms with Crippen LogP contribution in [0.25, 0.3) is 0 Å². The quantitative estimate of drug-likeness (QED) is 0.580. The van der Waals surface area contributed by atoms with Crippen LogP contribution in [0.4, 0.5) is 0 Å². The Labute approximate surface area is 170 Å². The molecule has 2 aromatic rings. The Morgan fingerprint density at radius 1 is 0.893 bits per heavy atom. The molecule has 1 saturated carbocycles. The molecule has 0 heterocycles. The molecule has 2 aromatic carbocycles. The number of ether oxygens (including phenoxy) is 3. The minimum absolute atomic E-state index is 0.297. The standard InChI is InChI=1S/C13H18O.C11H17NO2/c1-3-7-12(8-4-1)11-14-13-9-5-2-6-10-13;1-12(2)8-10-5-4-6-11(7-10)14-9-13-3/h1,3-4,7-8,13H,2,5-6,9-11H2;4-7H,8-9H2,1-3H3. The zero-order valence-corrected chi connectivity index (χ0v) is 17.6. The normalized spacial score (nSPS) is 14.4. The Morgan fingerprint density at radius 3 is 2.29 bits per heavy atom. The van der Waals surface area contributed by atoms with E-state index in [1.54, 1.807) is 7.11 Å². The first-order chi connectivity index (χ1) is 13.7. The fraction of sp³-hybridized carbons (Fsp3) is 0.500. The van der Waals surface area contributed by atoms with Crippen LogP contribution in [0.1, 0.15) is 43.2 Å². The topological polar surface area (TPSA) is 30.9 Å². The summed E-state index contributed by atoms with van der Waals surface area (Å²) in [5.74, 6) is 0.853. The van der Waals surface area contributed by atoms with Crippen molar-refractivity contribution in [2.24, 2.45) is 0 Å². The number of rotatable bonds is 8. The molecule has 3 rings (SSSR count). The molecule has 0 amide bonds. The molecule has 1 aliphatic carbocycles. The minimum Gasteiger partial charge on any atom is -0.468 e. The molecular weight excluding hydrogens is 350 g/mol. The van der Waals surface area contributed by atoms with Gasteiger partial charge in [0.05, 0.1) is 12.7 Å². The molecule has 1 fully saturated rings. The van der Waals surface area contributed by atoms with Gasteiger partial charge in [-0.2, -0.15) is 0 Å². The van der Waals surface area contributed by atoms with Crippen molar-refractivity contribution in [3.8, 4) is 5.75 Å². The van der Waals surface area contributed by atoms with Crippen LogP contribution in [-0.4, -0.2) is 39.0 Å². The summed E-state index contributed by atoms with van der Waals surface area (Å²) in [5.41, 5.74) is 2.53. The zero-order chi connectivity index (χ0) is 20.0. The molecule has 1 aliphatic rings. The van der Waals surface area contributed by atoms with Gasteiger partial charge in [-0.1, -0.05) is 61.7 Å². The first kappa shape index (κ1) is 22.4. The fourth-order valence-corrected chi connectivity index (χ4v) is 3.25. The van der Waals surface area contributed by atoms with Crippen LogP contribution in [0.2, 0.25) is 0 Å². The summed E-state index contributed by atoms with van der Waals surface area (Å²) in [6.07, 6.45) is 7.12. The second-order valence-electron chi connectivity index (χ2n) is 7.49. The molecule has 0 saturated heterocycles. The Balaban J connectivity index is 0.000000200. The minimum atomic E-state index is 0.297. The Hall–Kier alpha value is -1.88. The maximum atomic E-state index is 5.87. The van der Waals surface area contributed by atoms with Gasteiger partial charge >= 0.3 is 0 Å². The highest BCUT2D eigenvalue weighted by atomic mass is 16.7. The van der Waals surface area contributed by atoms with Crippen molar-refractivity contribution in [3.63, 3.8) is 0 Å². The average molecular weight is 386 g/mol. The van der Waals surface area contributed by atoms with Crippen LogP contribution in [-0.2, 0) is 22.6 Å². The molecule has 4 heteroatoms. The van der Waals surface area contributed by atoms with Gasteiger partial charge in [-0.25, -0.2) is 0 Å². The van der Waals surface area contributed by atoms with Gasteiger partial charge in [-0.05, 0) is 50.2 Å². The van der Waals surface area contributed by atoms with Gasteiger partial charge in [0.2, 0.25) is 0 Å². The van der Waals surface area contributed by atoms with Gasteiger partial charge in [0.1, 0.15) is 5.75 Å². The van der Waals surface area contributed by atoms with E-state index in [1.165, 1.54) is 43.2 Å². The van der Waals surface area contributed by atoms with Crippen molar-refractivity contribution in [2.75, 3.05) is 28.0 Å². The van der Waals surface area contributed by atoms with Gasteiger partial charge in [0.15, 0.2) is 6.79 Å². The molecule has 154 valence electrons. The lowest BCUT2D eigenvalue weighted by Gasteiger charge is -2.21. The molecule has 0 spiro atoms. The Kier molecular flexibility index (Phi) is 10.7. The van der Waals surface area contributed by atoms with E-state index < -0.39 is 0 Å². The van der Waals surface area contributed by atoms with E-state index in [9.17, 15) is 0 Å². The number of hydrogen-bond acceptors (Lipinski definition) is 4. The average Bonchev–Trinajstić information content (AvgIpc) is 2.73. The third kappa shape index (κ3) is 9.36. The summed E-state index contributed by atoms with van der Waals surface area (Å²) in [5, 5.41) is 0. The lowest BCUT2D eigenvalue weighted by molar-refractivity contribution is 0.0169. The zero-order valence-electron chi connectivity index (χ0n) is 17.6. The van der Waals surface area contributed by atoms with Crippen molar-refractivity contribution >= 4 is 0 Å². The van der Waals surface area contributed by atoms with Gasteiger partial charge in [-0.15, -0.1) is 0 Å². The second kappa shape index (κ2) is 13.3. The van der Waals surface area contributed by atoms with E-state index in [4.69, 9.17) is 14.2 Å². The van der Waals surface area contributed by atoms with E-state index in [0.29, 0.717) is 12.9 Å². The molecule has 0 atom stereocenters. The number of benzene rings is 2. The van der Waals surface area contributed by atoms with E-state index in [2.05, 4.69) is 35.2 Å². The van der Waals surface area contributed by atoms with E-state index in [1.807, 2.05) is 38.4 Å². The molecule has 0 aliphatic heterocycles. The maximum absolute atomic E-state index is 5.87. The fourth-order valence-electron chi connectivity index (χ4n) is 3.25. The van der Waals surface area contributed by atoms with Gasteiger partial charge < -0.3 is 19.1 Å². The van der Waals surface area contributed by atoms with Crippen LogP contribution in [0.15, 0.2) is 54.6 Å².